The van der Waals surface area contributed by atoms with E-state index in [0.717, 1.165) is 16.5 Å². The Morgan fingerprint density at radius 1 is 0.853 bits per heavy atom. The average Bonchev–Trinajstić information content (AvgIpc) is 2.86. The van der Waals surface area contributed by atoms with Gasteiger partial charge in [-0.15, -0.1) is 0 Å². The Morgan fingerprint density at radius 2 is 1.56 bits per heavy atom. The fourth-order valence-corrected chi connectivity index (χ4v) is 3.58. The number of hydrogen-bond acceptors (Lipinski definition) is 4. The van der Waals surface area contributed by atoms with Crippen molar-refractivity contribution < 1.29 is 14.4 Å². The highest BCUT2D eigenvalue weighted by Crippen LogP contribution is 2.26. The first-order valence-corrected chi connectivity index (χ1v) is 10.9. The predicted octanol–water partition coefficient (Wildman–Crippen LogP) is 3.70. The molecule has 0 saturated heterocycles. The molecule has 0 fully saturated rings. The monoisotopic (exact) mass is 472 g/mol. The molecule has 0 saturated carbocycles. The van der Waals surface area contributed by atoms with Gasteiger partial charge in [0.25, 0.3) is 11.8 Å². The van der Waals surface area contributed by atoms with Crippen molar-refractivity contribution in [1.82, 2.24) is 15.6 Å². The van der Waals surface area contributed by atoms with E-state index in [1.165, 1.54) is 0 Å². The number of nitrogens with one attached hydrogen (secondary N) is 2. The van der Waals surface area contributed by atoms with Gasteiger partial charge in [0.05, 0.1) is 23.3 Å². The molecule has 0 unspecified atom stereocenters. The Bertz CT molecular complexity index is 1370. The molecule has 1 heterocycles. The van der Waals surface area contributed by atoms with Crippen LogP contribution in [0.2, 0.25) is 5.02 Å². The van der Waals surface area contributed by atoms with Gasteiger partial charge in [-0.2, -0.15) is 0 Å². The zero-order chi connectivity index (χ0) is 24.1. The molecule has 0 atom stereocenters. The zero-order valence-electron chi connectivity index (χ0n) is 18.0. The Morgan fingerprint density at radius 3 is 2.26 bits per heavy atom. The number of primary amides is 1. The van der Waals surface area contributed by atoms with E-state index in [-0.39, 0.29) is 19.0 Å². The van der Waals surface area contributed by atoms with E-state index in [9.17, 15) is 14.4 Å². The molecule has 3 aromatic carbocycles. The van der Waals surface area contributed by atoms with Gasteiger partial charge in [-0.3, -0.25) is 14.4 Å². The van der Waals surface area contributed by atoms with E-state index >= 15 is 0 Å². The molecule has 0 aliphatic rings. The first-order valence-electron chi connectivity index (χ1n) is 10.5. The molecule has 7 nitrogen and oxygen atoms in total. The van der Waals surface area contributed by atoms with Crippen molar-refractivity contribution in [3.05, 3.63) is 101 Å². The number of aromatic nitrogens is 1. The minimum atomic E-state index is -0.615. The molecule has 4 rings (SSSR count). The van der Waals surface area contributed by atoms with Crippen LogP contribution >= 0.6 is 11.6 Å². The quantitative estimate of drug-likeness (QED) is 0.380. The van der Waals surface area contributed by atoms with E-state index in [4.69, 9.17) is 22.3 Å². The van der Waals surface area contributed by atoms with Crippen molar-refractivity contribution in [2.75, 3.05) is 6.54 Å². The maximum absolute atomic E-state index is 13.1. The number of carbonyl (C=O) groups is 3. The number of nitrogens with two attached hydrogens (primary N) is 1. The molecule has 4 aromatic rings. The molecule has 4 N–H and O–H groups in total. The molecule has 0 bridgehead atoms. The van der Waals surface area contributed by atoms with Crippen LogP contribution in [0.5, 0.6) is 0 Å². The highest BCUT2D eigenvalue weighted by molar-refractivity contribution is 6.30. The fourth-order valence-electron chi connectivity index (χ4n) is 3.45. The number of rotatable bonds is 7. The third-order valence-corrected chi connectivity index (χ3v) is 5.45. The van der Waals surface area contributed by atoms with E-state index in [2.05, 4.69) is 10.6 Å². The number of fused-ring (bicyclic) bond motifs is 1. The summed E-state index contributed by atoms with van der Waals surface area (Å²) in [6.07, 6.45) is 0. The largest absolute Gasteiger partial charge is 0.368 e. The van der Waals surface area contributed by atoms with Crippen molar-refractivity contribution in [2.45, 2.75) is 6.54 Å². The van der Waals surface area contributed by atoms with Crippen molar-refractivity contribution in [3.8, 4) is 11.3 Å². The summed E-state index contributed by atoms with van der Waals surface area (Å²) in [5.41, 5.74) is 9.00. The lowest BCUT2D eigenvalue weighted by atomic mass is 10.0. The molecule has 170 valence electrons. The third kappa shape index (κ3) is 5.39. The van der Waals surface area contributed by atoms with Gasteiger partial charge < -0.3 is 16.4 Å². The van der Waals surface area contributed by atoms with Crippen LogP contribution in [0.4, 0.5) is 0 Å². The van der Waals surface area contributed by atoms with Crippen LogP contribution < -0.4 is 16.4 Å². The van der Waals surface area contributed by atoms with Crippen molar-refractivity contribution in [3.63, 3.8) is 0 Å². The molecule has 0 spiro atoms. The second-order valence-electron chi connectivity index (χ2n) is 7.61. The minimum absolute atomic E-state index is 0.228. The van der Waals surface area contributed by atoms with Crippen molar-refractivity contribution >= 4 is 40.2 Å². The number of amides is 3. The summed E-state index contributed by atoms with van der Waals surface area (Å²) < 4.78 is 0. The number of benzene rings is 3. The highest BCUT2D eigenvalue weighted by Gasteiger charge is 2.14. The number of hydrogen-bond donors (Lipinski definition) is 3. The van der Waals surface area contributed by atoms with Crippen LogP contribution in [0.1, 0.15) is 26.3 Å². The van der Waals surface area contributed by atoms with Crippen molar-refractivity contribution in [1.29, 1.82) is 0 Å². The lowest BCUT2D eigenvalue weighted by Gasteiger charge is -2.11. The summed E-state index contributed by atoms with van der Waals surface area (Å²) in [4.78, 5) is 40.6. The number of para-hydroxylation sites is 1. The van der Waals surface area contributed by atoms with Gasteiger partial charge in [-0.1, -0.05) is 54.1 Å². The van der Waals surface area contributed by atoms with Gasteiger partial charge in [0.2, 0.25) is 5.91 Å². The topological polar surface area (TPSA) is 114 Å². The number of nitrogens with zero attached hydrogens (tertiary/aromatic N) is 1. The van der Waals surface area contributed by atoms with E-state index in [1.54, 1.807) is 42.5 Å². The normalized spacial score (nSPS) is 10.6. The van der Waals surface area contributed by atoms with Crippen LogP contribution in [0.15, 0.2) is 78.9 Å². The Hall–Kier alpha value is -4.23. The molecule has 1 aromatic heterocycles. The molecular formula is C26H21ClN4O3. The maximum atomic E-state index is 13.1. The zero-order valence-corrected chi connectivity index (χ0v) is 18.8. The first-order chi connectivity index (χ1) is 16.4. The predicted molar refractivity (Wildman–Crippen MR) is 131 cm³/mol. The summed E-state index contributed by atoms with van der Waals surface area (Å²) in [6, 6.07) is 23.3. The maximum Gasteiger partial charge on any atom is 0.252 e. The van der Waals surface area contributed by atoms with Gasteiger partial charge in [0, 0.05) is 28.1 Å². The molecule has 0 aliphatic heterocycles. The van der Waals surface area contributed by atoms with Crippen molar-refractivity contribution in [2.24, 2.45) is 5.73 Å². The lowest BCUT2D eigenvalue weighted by molar-refractivity contribution is -0.117. The molecule has 34 heavy (non-hydrogen) atoms. The Labute approximate surface area is 200 Å². The van der Waals surface area contributed by atoms with Crippen LogP contribution in [0.3, 0.4) is 0 Å². The molecule has 0 radical (unpaired) electrons. The Kier molecular flexibility index (Phi) is 6.85. The number of carbonyl (C=O) groups excluding carboxylic acids is 3. The van der Waals surface area contributed by atoms with Crippen LogP contribution in [0.25, 0.3) is 22.2 Å². The summed E-state index contributed by atoms with van der Waals surface area (Å²) in [7, 11) is 0. The molecule has 3 amide bonds. The average molecular weight is 473 g/mol. The van der Waals surface area contributed by atoms with E-state index in [0.29, 0.717) is 27.4 Å². The summed E-state index contributed by atoms with van der Waals surface area (Å²) in [6.45, 7) is 0.0451. The number of pyridine rings is 1. The highest BCUT2D eigenvalue weighted by atomic mass is 35.5. The summed E-state index contributed by atoms with van der Waals surface area (Å²) >= 11 is 6.01. The molecule has 8 heteroatoms. The first kappa shape index (κ1) is 22.9. The summed E-state index contributed by atoms with van der Waals surface area (Å²) in [5.74, 6) is -1.25. The van der Waals surface area contributed by atoms with Gasteiger partial charge in [-0.25, -0.2) is 4.98 Å². The van der Waals surface area contributed by atoms with Gasteiger partial charge in [0.15, 0.2) is 0 Å². The standard InChI is InChI=1S/C26H21ClN4O3/c27-19-11-9-17(10-12-19)23-13-21(20-3-1-2-4-22(20)31-23)26(34)29-14-16-5-7-18(8-6-16)25(33)30-15-24(28)32/h1-13H,14-15H2,(H2,28,32)(H,29,34)(H,30,33). The summed E-state index contributed by atoms with van der Waals surface area (Å²) in [5, 5.41) is 6.74. The fraction of sp³-hybridized carbons (Fsp3) is 0.0769. The van der Waals surface area contributed by atoms with Gasteiger partial charge in [-0.05, 0) is 42.0 Å². The SMILES string of the molecule is NC(=O)CNC(=O)c1ccc(CNC(=O)c2cc(-c3ccc(Cl)cc3)nc3ccccc23)cc1. The van der Waals surface area contributed by atoms with Crippen LogP contribution in [-0.2, 0) is 11.3 Å². The van der Waals surface area contributed by atoms with E-state index < -0.39 is 11.8 Å². The lowest BCUT2D eigenvalue weighted by Crippen LogP contribution is -2.33. The van der Waals surface area contributed by atoms with Gasteiger partial charge in [0.1, 0.15) is 0 Å². The number of halogens is 1. The second kappa shape index (κ2) is 10.1. The van der Waals surface area contributed by atoms with Crippen LogP contribution in [-0.4, -0.2) is 29.3 Å². The van der Waals surface area contributed by atoms with Gasteiger partial charge >= 0.3 is 0 Å². The molecular weight excluding hydrogens is 452 g/mol. The smallest absolute Gasteiger partial charge is 0.252 e. The minimum Gasteiger partial charge on any atom is -0.368 e. The van der Waals surface area contributed by atoms with E-state index in [1.807, 2.05) is 36.4 Å². The second-order valence-corrected chi connectivity index (χ2v) is 8.04. The third-order valence-electron chi connectivity index (χ3n) is 5.19. The van der Waals surface area contributed by atoms with Crippen LogP contribution in [0, 0.1) is 0 Å². The molecule has 0 aliphatic carbocycles. The Balaban J connectivity index is 1.52.